The van der Waals surface area contributed by atoms with Crippen LogP contribution in [0.1, 0.15) is 50.8 Å². The molecule has 0 amide bonds. The Hall–Kier alpha value is -2.76. The summed E-state index contributed by atoms with van der Waals surface area (Å²) in [5.41, 5.74) is 10.6. The molecular weight excluding hydrogens is 475 g/mol. The summed E-state index contributed by atoms with van der Waals surface area (Å²) in [5, 5.41) is 2.27. The lowest BCUT2D eigenvalue weighted by atomic mass is 9.97. The Labute approximate surface area is 220 Å². The van der Waals surface area contributed by atoms with Gasteiger partial charge in [-0.05, 0) is 37.1 Å². The molecule has 2 aromatic heterocycles. The van der Waals surface area contributed by atoms with Crippen molar-refractivity contribution in [2.75, 3.05) is 0 Å². The van der Waals surface area contributed by atoms with Crippen LogP contribution in [0.25, 0.3) is 0 Å². The zero-order chi connectivity index (χ0) is 22.6. The van der Waals surface area contributed by atoms with Crippen molar-refractivity contribution in [1.82, 2.24) is 9.97 Å². The third-order valence-electron chi connectivity index (χ3n) is 6.58. The van der Waals surface area contributed by atoms with Gasteiger partial charge < -0.3 is 35.0 Å². The Morgan fingerprint density at radius 3 is 1.83 bits per heavy atom. The molecule has 2 aliphatic rings. The van der Waals surface area contributed by atoms with Crippen molar-refractivity contribution in [3.8, 4) is 0 Å². The normalized spacial score (nSPS) is 15.2. The standard InChI is InChI=1S/C21H20N2.C8H10N2.2ClH/c1-16-12-19-14-23(15-20(19)22-13-16)21(17-8-4-2-5-9-17)18-10-6-3-7-11-18;1-6-2-7-4-9-5-8(7)10-3-6;;/h2-13,21H,14-15H2,1H3;2-3,9H,4-5H2,1H3;2*1H. The van der Waals surface area contributed by atoms with E-state index in [4.69, 9.17) is 0 Å². The molecule has 0 radical (unpaired) electrons. The van der Waals surface area contributed by atoms with Crippen LogP contribution in [-0.2, 0) is 26.2 Å². The number of hydrogen-bond acceptors (Lipinski definition) is 2. The summed E-state index contributed by atoms with van der Waals surface area (Å²) in [6.07, 6.45) is 3.93. The van der Waals surface area contributed by atoms with Gasteiger partial charge >= 0.3 is 0 Å². The molecule has 3 N–H and O–H groups in total. The maximum Gasteiger partial charge on any atom is 0.139 e. The number of nitrogens with one attached hydrogen (secondary N) is 1. The molecule has 0 aliphatic carbocycles. The van der Waals surface area contributed by atoms with E-state index in [0.717, 1.165) is 26.2 Å². The summed E-state index contributed by atoms with van der Waals surface area (Å²) in [7, 11) is 0. The van der Waals surface area contributed by atoms with Gasteiger partial charge in [0.1, 0.15) is 43.6 Å². The van der Waals surface area contributed by atoms with E-state index in [2.05, 4.69) is 102 Å². The number of pyridine rings is 2. The van der Waals surface area contributed by atoms with Gasteiger partial charge in [-0.1, -0.05) is 60.7 Å². The van der Waals surface area contributed by atoms with Gasteiger partial charge in [-0.25, -0.2) is 0 Å². The van der Waals surface area contributed by atoms with Crippen LogP contribution < -0.4 is 35.0 Å². The first-order chi connectivity index (χ1) is 16.2. The summed E-state index contributed by atoms with van der Waals surface area (Å²) < 4.78 is 0. The first-order valence-corrected chi connectivity index (χ1v) is 11.8. The van der Waals surface area contributed by atoms with Crippen LogP contribution in [0.15, 0.2) is 85.2 Å². The molecule has 0 spiro atoms. The lowest BCUT2D eigenvalue weighted by molar-refractivity contribution is -0.946. The number of quaternary nitrogens is 2. The highest BCUT2D eigenvalue weighted by Gasteiger charge is 2.32. The van der Waals surface area contributed by atoms with Gasteiger partial charge in [-0.3, -0.25) is 9.97 Å². The van der Waals surface area contributed by atoms with E-state index in [-0.39, 0.29) is 24.8 Å². The molecular formula is C29H32Cl2N4. The highest BCUT2D eigenvalue weighted by atomic mass is 35.5. The molecule has 4 aromatic rings. The first-order valence-electron chi connectivity index (χ1n) is 11.8. The predicted octanol–water partition coefficient (Wildman–Crippen LogP) is -2.95. The molecule has 2 aromatic carbocycles. The molecule has 4 heterocycles. The average Bonchev–Trinajstić information content (AvgIpc) is 3.47. The number of fused-ring (bicyclic) bond motifs is 2. The minimum absolute atomic E-state index is 0. The zero-order valence-corrected chi connectivity index (χ0v) is 21.7. The van der Waals surface area contributed by atoms with Crippen molar-refractivity contribution in [3.05, 3.63) is 130 Å². The maximum absolute atomic E-state index is 4.66. The molecule has 0 saturated carbocycles. The van der Waals surface area contributed by atoms with Crippen molar-refractivity contribution in [3.63, 3.8) is 0 Å². The fraction of sp³-hybridized carbons (Fsp3) is 0.241. The highest BCUT2D eigenvalue weighted by molar-refractivity contribution is 5.31. The number of nitrogens with zero attached hydrogens (tertiary/aromatic N) is 2. The molecule has 0 bridgehead atoms. The van der Waals surface area contributed by atoms with E-state index in [1.165, 1.54) is 44.8 Å². The van der Waals surface area contributed by atoms with Crippen molar-refractivity contribution < 1.29 is 35.0 Å². The molecule has 6 rings (SSSR count). The Morgan fingerprint density at radius 1 is 0.686 bits per heavy atom. The lowest BCUT2D eigenvalue weighted by Crippen LogP contribution is -3.08. The van der Waals surface area contributed by atoms with E-state index in [1.807, 2.05) is 12.4 Å². The summed E-state index contributed by atoms with van der Waals surface area (Å²) in [6, 6.07) is 26.6. The minimum atomic E-state index is 0. The van der Waals surface area contributed by atoms with E-state index in [0.29, 0.717) is 6.04 Å². The number of aryl methyl sites for hydroxylation is 2. The molecule has 35 heavy (non-hydrogen) atoms. The van der Waals surface area contributed by atoms with Gasteiger partial charge in [0.2, 0.25) is 0 Å². The van der Waals surface area contributed by atoms with E-state index in [9.17, 15) is 0 Å². The summed E-state index contributed by atoms with van der Waals surface area (Å²) in [5.74, 6) is 0. The summed E-state index contributed by atoms with van der Waals surface area (Å²) >= 11 is 0. The number of hydrogen-bond donors (Lipinski definition) is 2. The summed E-state index contributed by atoms with van der Waals surface area (Å²) in [6.45, 7) is 8.42. The quantitative estimate of drug-likeness (QED) is 0.312. The van der Waals surface area contributed by atoms with Crippen LogP contribution in [0.2, 0.25) is 0 Å². The third kappa shape index (κ3) is 6.28. The second-order valence-corrected chi connectivity index (χ2v) is 9.20. The molecule has 1 unspecified atom stereocenters. The maximum atomic E-state index is 4.66. The van der Waals surface area contributed by atoms with Crippen molar-refractivity contribution in [2.24, 2.45) is 0 Å². The molecule has 0 fully saturated rings. The smallest absolute Gasteiger partial charge is 0.139 e. The van der Waals surface area contributed by atoms with Crippen molar-refractivity contribution in [2.45, 2.75) is 46.1 Å². The molecule has 182 valence electrons. The number of aromatic nitrogens is 2. The molecule has 6 heteroatoms. The van der Waals surface area contributed by atoms with Crippen LogP contribution in [-0.4, -0.2) is 9.97 Å². The second kappa shape index (κ2) is 12.3. The number of nitrogens with two attached hydrogens (primary N) is 1. The third-order valence-corrected chi connectivity index (χ3v) is 6.58. The second-order valence-electron chi connectivity index (χ2n) is 9.20. The van der Waals surface area contributed by atoms with Crippen LogP contribution in [0.4, 0.5) is 0 Å². The highest BCUT2D eigenvalue weighted by Crippen LogP contribution is 2.22. The summed E-state index contributed by atoms with van der Waals surface area (Å²) in [4.78, 5) is 10.5. The molecule has 0 saturated heterocycles. The average molecular weight is 508 g/mol. The van der Waals surface area contributed by atoms with Gasteiger partial charge in [0, 0.05) is 34.6 Å². The van der Waals surface area contributed by atoms with E-state index < -0.39 is 0 Å². The fourth-order valence-corrected chi connectivity index (χ4v) is 5.03. The Morgan fingerprint density at radius 2 is 1.23 bits per heavy atom. The Bertz CT molecular complexity index is 1190. The molecule has 4 nitrogen and oxygen atoms in total. The van der Waals surface area contributed by atoms with Gasteiger partial charge in [-0.2, -0.15) is 0 Å². The molecule has 2 aliphatic heterocycles. The minimum Gasteiger partial charge on any atom is -1.00 e. The van der Waals surface area contributed by atoms with Gasteiger partial charge in [-0.15, -0.1) is 0 Å². The Kier molecular flexibility index (Phi) is 9.41. The van der Waals surface area contributed by atoms with Crippen LogP contribution in [0.5, 0.6) is 0 Å². The van der Waals surface area contributed by atoms with Crippen molar-refractivity contribution in [1.29, 1.82) is 0 Å². The number of halogens is 2. The van der Waals surface area contributed by atoms with Crippen LogP contribution >= 0.6 is 0 Å². The monoisotopic (exact) mass is 506 g/mol. The molecule has 1 atom stereocenters. The number of rotatable bonds is 3. The fourth-order valence-electron chi connectivity index (χ4n) is 5.03. The van der Waals surface area contributed by atoms with Crippen molar-refractivity contribution >= 4 is 0 Å². The zero-order valence-electron chi connectivity index (χ0n) is 20.2. The van der Waals surface area contributed by atoms with E-state index >= 15 is 0 Å². The largest absolute Gasteiger partial charge is 1.00 e. The topological polar surface area (TPSA) is 46.8 Å². The number of benzene rings is 2. The van der Waals surface area contributed by atoms with Crippen LogP contribution in [0.3, 0.4) is 0 Å². The lowest BCUT2D eigenvalue weighted by Gasteiger charge is -2.25. The predicted molar refractivity (Wildman–Crippen MR) is 130 cm³/mol. The van der Waals surface area contributed by atoms with Gasteiger partial charge in [0.15, 0.2) is 0 Å². The van der Waals surface area contributed by atoms with Gasteiger partial charge in [0.05, 0.1) is 0 Å². The first kappa shape index (κ1) is 26.8. The SMILES string of the molecule is Cc1cnc2c(c1)C[NH+](C(c1ccccc1)c1ccccc1)C2.Cc1cnc2c(c1)C[NH2+]C2.[Cl-].[Cl-]. The van der Waals surface area contributed by atoms with Crippen LogP contribution in [0, 0.1) is 13.8 Å². The Balaban J connectivity index is 0.000000241. The van der Waals surface area contributed by atoms with Gasteiger partial charge in [0.25, 0.3) is 0 Å². The van der Waals surface area contributed by atoms with E-state index in [1.54, 1.807) is 4.90 Å².